The zero-order chi connectivity index (χ0) is 13.0. The largest absolute Gasteiger partial charge is 0.364 e. The maximum absolute atomic E-state index is 10.8. The van der Waals surface area contributed by atoms with Crippen LogP contribution in [0.3, 0.4) is 0 Å². The molecular formula is C12H12N4O2. The Morgan fingerprint density at radius 3 is 2.89 bits per heavy atom. The van der Waals surface area contributed by atoms with Crippen LogP contribution in [0.15, 0.2) is 36.5 Å². The van der Waals surface area contributed by atoms with Crippen molar-refractivity contribution in [2.24, 2.45) is 0 Å². The lowest BCUT2D eigenvalue weighted by Gasteiger charge is -2.05. The first kappa shape index (κ1) is 12.0. The molecular weight excluding hydrogens is 232 g/mol. The topological polar surface area (TPSA) is 81.0 Å². The third-order valence-corrected chi connectivity index (χ3v) is 2.44. The third kappa shape index (κ3) is 2.79. The quantitative estimate of drug-likeness (QED) is 0.659. The number of hydrogen-bond donors (Lipinski definition) is 1. The minimum atomic E-state index is -0.390. The molecule has 0 aliphatic heterocycles. The summed E-state index contributed by atoms with van der Waals surface area (Å²) in [6.07, 6.45) is 1.65. The van der Waals surface area contributed by atoms with Gasteiger partial charge in [0.25, 0.3) is 5.69 Å². The molecule has 0 saturated carbocycles. The highest BCUT2D eigenvalue weighted by Crippen LogP contribution is 2.18. The molecule has 92 valence electrons. The number of nitrogens with one attached hydrogen (secondary N) is 1. The number of benzene rings is 1. The zero-order valence-electron chi connectivity index (χ0n) is 9.83. The van der Waals surface area contributed by atoms with Crippen molar-refractivity contribution in [3.63, 3.8) is 0 Å². The van der Waals surface area contributed by atoms with E-state index in [0.29, 0.717) is 17.9 Å². The molecule has 0 spiro atoms. The van der Waals surface area contributed by atoms with Gasteiger partial charge >= 0.3 is 0 Å². The second-order valence-corrected chi connectivity index (χ2v) is 3.86. The number of nitro benzene ring substituents is 1. The Morgan fingerprint density at radius 1 is 1.39 bits per heavy atom. The number of para-hydroxylation sites is 1. The second-order valence-electron chi connectivity index (χ2n) is 3.86. The molecule has 1 N–H and O–H groups in total. The normalized spacial score (nSPS) is 10.1. The van der Waals surface area contributed by atoms with Crippen LogP contribution < -0.4 is 5.32 Å². The molecule has 2 rings (SSSR count). The van der Waals surface area contributed by atoms with E-state index in [0.717, 1.165) is 5.56 Å². The minimum Gasteiger partial charge on any atom is -0.364 e. The molecule has 1 aromatic carbocycles. The summed E-state index contributed by atoms with van der Waals surface area (Å²) in [5.41, 5.74) is 1.70. The molecule has 2 aromatic rings. The van der Waals surface area contributed by atoms with Crippen LogP contribution in [0.5, 0.6) is 0 Å². The van der Waals surface area contributed by atoms with E-state index in [9.17, 15) is 10.1 Å². The molecule has 6 heteroatoms. The summed E-state index contributed by atoms with van der Waals surface area (Å²) >= 11 is 0. The number of hydrogen-bond acceptors (Lipinski definition) is 5. The Morgan fingerprint density at radius 2 is 2.17 bits per heavy atom. The number of nitro groups is 1. The van der Waals surface area contributed by atoms with E-state index in [1.807, 2.05) is 13.0 Å². The van der Waals surface area contributed by atoms with Crippen LogP contribution in [-0.4, -0.2) is 15.1 Å². The van der Waals surface area contributed by atoms with Crippen LogP contribution >= 0.6 is 0 Å². The molecule has 0 atom stereocenters. The van der Waals surface area contributed by atoms with Gasteiger partial charge in [-0.3, -0.25) is 10.1 Å². The minimum absolute atomic E-state index is 0.102. The summed E-state index contributed by atoms with van der Waals surface area (Å²) in [7, 11) is 0. The lowest BCUT2D eigenvalue weighted by molar-refractivity contribution is -0.385. The zero-order valence-corrected chi connectivity index (χ0v) is 9.83. The highest BCUT2D eigenvalue weighted by Gasteiger charge is 2.11. The van der Waals surface area contributed by atoms with Crippen molar-refractivity contribution in [1.82, 2.24) is 10.2 Å². The molecule has 6 nitrogen and oxygen atoms in total. The molecule has 1 heterocycles. The molecule has 0 amide bonds. The first-order chi connectivity index (χ1) is 8.66. The number of aromatic nitrogens is 2. The van der Waals surface area contributed by atoms with Gasteiger partial charge in [-0.1, -0.05) is 18.2 Å². The van der Waals surface area contributed by atoms with E-state index < -0.39 is 0 Å². The first-order valence-electron chi connectivity index (χ1n) is 5.42. The smallest absolute Gasteiger partial charge is 0.274 e. The fourth-order valence-corrected chi connectivity index (χ4v) is 1.57. The SMILES string of the molecule is Cc1cnnc(NCc2ccccc2[N+](=O)[O-])c1. The fraction of sp³-hybridized carbons (Fsp3) is 0.167. The summed E-state index contributed by atoms with van der Waals surface area (Å²) in [6.45, 7) is 2.25. The van der Waals surface area contributed by atoms with Gasteiger partial charge in [-0.15, -0.1) is 5.10 Å². The summed E-state index contributed by atoms with van der Waals surface area (Å²) < 4.78 is 0. The van der Waals surface area contributed by atoms with Gasteiger partial charge in [0.05, 0.1) is 11.1 Å². The van der Waals surface area contributed by atoms with Gasteiger partial charge < -0.3 is 5.32 Å². The molecule has 0 radical (unpaired) electrons. The van der Waals surface area contributed by atoms with Crippen molar-refractivity contribution in [2.45, 2.75) is 13.5 Å². The Labute approximate surface area is 104 Å². The van der Waals surface area contributed by atoms with Gasteiger partial charge in [0.1, 0.15) is 5.82 Å². The maximum atomic E-state index is 10.8. The van der Waals surface area contributed by atoms with Gasteiger partial charge in [-0.05, 0) is 18.6 Å². The van der Waals surface area contributed by atoms with Crippen molar-refractivity contribution in [3.8, 4) is 0 Å². The molecule has 0 fully saturated rings. The number of anilines is 1. The van der Waals surface area contributed by atoms with E-state index >= 15 is 0 Å². The predicted octanol–water partition coefficient (Wildman–Crippen LogP) is 2.31. The number of rotatable bonds is 4. The lowest BCUT2D eigenvalue weighted by Crippen LogP contribution is -2.05. The van der Waals surface area contributed by atoms with E-state index in [1.54, 1.807) is 24.4 Å². The first-order valence-corrected chi connectivity index (χ1v) is 5.42. The van der Waals surface area contributed by atoms with Crippen molar-refractivity contribution >= 4 is 11.5 Å². The summed E-state index contributed by atoms with van der Waals surface area (Å²) in [5, 5.41) is 21.6. The maximum Gasteiger partial charge on any atom is 0.274 e. The Hall–Kier alpha value is -2.50. The molecule has 18 heavy (non-hydrogen) atoms. The summed E-state index contributed by atoms with van der Waals surface area (Å²) in [4.78, 5) is 10.4. The Balaban J connectivity index is 2.13. The van der Waals surface area contributed by atoms with E-state index in [2.05, 4.69) is 15.5 Å². The highest BCUT2D eigenvalue weighted by atomic mass is 16.6. The Kier molecular flexibility index (Phi) is 3.47. The fourth-order valence-electron chi connectivity index (χ4n) is 1.57. The van der Waals surface area contributed by atoms with Crippen LogP contribution in [0.1, 0.15) is 11.1 Å². The van der Waals surface area contributed by atoms with Crippen molar-refractivity contribution in [1.29, 1.82) is 0 Å². The molecule has 0 saturated heterocycles. The molecule has 0 aliphatic rings. The molecule has 1 aromatic heterocycles. The van der Waals surface area contributed by atoms with Crippen LogP contribution in [-0.2, 0) is 6.54 Å². The second kappa shape index (κ2) is 5.22. The van der Waals surface area contributed by atoms with Crippen LogP contribution in [0.2, 0.25) is 0 Å². The van der Waals surface area contributed by atoms with Gasteiger partial charge in [0.2, 0.25) is 0 Å². The van der Waals surface area contributed by atoms with Gasteiger partial charge in [-0.25, -0.2) is 0 Å². The van der Waals surface area contributed by atoms with E-state index in [4.69, 9.17) is 0 Å². The monoisotopic (exact) mass is 244 g/mol. The van der Waals surface area contributed by atoms with Gasteiger partial charge in [0.15, 0.2) is 0 Å². The van der Waals surface area contributed by atoms with Gasteiger partial charge in [0, 0.05) is 18.2 Å². The number of nitrogens with zero attached hydrogens (tertiary/aromatic N) is 3. The Bertz CT molecular complexity index is 572. The van der Waals surface area contributed by atoms with Crippen molar-refractivity contribution in [2.75, 3.05) is 5.32 Å². The van der Waals surface area contributed by atoms with Crippen molar-refractivity contribution in [3.05, 3.63) is 57.8 Å². The van der Waals surface area contributed by atoms with Gasteiger partial charge in [-0.2, -0.15) is 5.10 Å². The third-order valence-electron chi connectivity index (χ3n) is 2.44. The average Bonchev–Trinajstić information content (AvgIpc) is 2.37. The predicted molar refractivity (Wildman–Crippen MR) is 67.2 cm³/mol. The average molecular weight is 244 g/mol. The highest BCUT2D eigenvalue weighted by molar-refractivity contribution is 5.43. The van der Waals surface area contributed by atoms with E-state index in [-0.39, 0.29) is 10.6 Å². The van der Waals surface area contributed by atoms with E-state index in [1.165, 1.54) is 6.07 Å². The summed E-state index contributed by atoms with van der Waals surface area (Å²) in [6, 6.07) is 8.45. The summed E-state index contributed by atoms with van der Waals surface area (Å²) in [5.74, 6) is 0.605. The van der Waals surface area contributed by atoms with Crippen molar-refractivity contribution < 1.29 is 4.92 Å². The number of aryl methyl sites for hydroxylation is 1. The molecule has 0 bridgehead atoms. The standard InChI is InChI=1S/C12H12N4O2/c1-9-6-12(15-14-7-9)13-8-10-4-2-3-5-11(10)16(17)18/h2-7H,8H2,1H3,(H,13,15). The molecule has 0 aliphatic carbocycles. The molecule has 0 unspecified atom stereocenters. The van der Waals surface area contributed by atoms with Crippen LogP contribution in [0, 0.1) is 17.0 Å². The lowest BCUT2D eigenvalue weighted by atomic mass is 10.2. The van der Waals surface area contributed by atoms with Crippen LogP contribution in [0.25, 0.3) is 0 Å². The van der Waals surface area contributed by atoms with Crippen LogP contribution in [0.4, 0.5) is 11.5 Å².